The van der Waals surface area contributed by atoms with Gasteiger partial charge in [0, 0.05) is 33.2 Å². The zero-order chi connectivity index (χ0) is 18.0. The topological polar surface area (TPSA) is 81.2 Å². The van der Waals surface area contributed by atoms with E-state index in [0.717, 1.165) is 11.3 Å². The van der Waals surface area contributed by atoms with Gasteiger partial charge in [-0.15, -0.1) is 0 Å². The van der Waals surface area contributed by atoms with Gasteiger partial charge in [-0.05, 0) is 12.1 Å². The van der Waals surface area contributed by atoms with E-state index >= 15 is 0 Å². The molecule has 0 N–H and O–H groups in total. The van der Waals surface area contributed by atoms with Crippen LogP contribution in [0.25, 0.3) is 0 Å². The van der Waals surface area contributed by atoms with E-state index in [4.69, 9.17) is 0 Å². The third kappa shape index (κ3) is 3.39. The Morgan fingerprint density at radius 2 is 1.80 bits per heavy atom. The van der Waals surface area contributed by atoms with E-state index in [1.165, 1.54) is 4.90 Å². The van der Waals surface area contributed by atoms with Crippen molar-refractivity contribution in [2.24, 2.45) is 0 Å². The standard InChI is InChI=1S/C17H20N4O4/c1-18-10-15(23)21(14-5-3-2-4-13(14)17(18)25)16(24)11-19-6-8-20(12-22)9-7-19/h2-5,12H,6-11H2,1H3. The highest BCUT2D eigenvalue weighted by molar-refractivity contribution is 6.21. The van der Waals surface area contributed by atoms with Gasteiger partial charge < -0.3 is 9.80 Å². The Bertz CT molecular complexity index is 712. The number of likely N-dealkylation sites (N-methyl/N-ethyl adjacent to an activating group) is 1. The van der Waals surface area contributed by atoms with E-state index in [1.54, 1.807) is 36.2 Å². The molecule has 3 rings (SSSR count). The average Bonchev–Trinajstić information content (AvgIpc) is 2.71. The molecule has 1 aromatic rings. The monoisotopic (exact) mass is 344 g/mol. The predicted octanol–water partition coefficient (Wildman–Crippen LogP) is -0.594. The second-order valence-electron chi connectivity index (χ2n) is 6.22. The summed E-state index contributed by atoms with van der Waals surface area (Å²) in [5.74, 6) is -1.06. The third-order valence-corrected chi connectivity index (χ3v) is 4.51. The van der Waals surface area contributed by atoms with Gasteiger partial charge >= 0.3 is 0 Å². The molecule has 2 aliphatic rings. The lowest BCUT2D eigenvalue weighted by atomic mass is 10.1. The fourth-order valence-electron chi connectivity index (χ4n) is 3.10. The molecule has 0 spiro atoms. The maximum absolute atomic E-state index is 12.8. The number of anilines is 1. The Kier molecular flexibility index (Phi) is 4.80. The predicted molar refractivity (Wildman–Crippen MR) is 90.0 cm³/mol. The number of imide groups is 1. The van der Waals surface area contributed by atoms with Gasteiger partial charge in [-0.3, -0.25) is 24.1 Å². The largest absolute Gasteiger partial charge is 0.343 e. The molecule has 25 heavy (non-hydrogen) atoms. The van der Waals surface area contributed by atoms with Gasteiger partial charge in [0.1, 0.15) is 6.54 Å². The Labute approximate surface area is 145 Å². The Balaban J connectivity index is 1.81. The lowest BCUT2D eigenvalue weighted by molar-refractivity contribution is -0.127. The SMILES string of the molecule is CN1CC(=O)N(C(=O)CN2CCN(C=O)CC2)c2ccccc2C1=O. The molecule has 8 nitrogen and oxygen atoms in total. The fraction of sp³-hybridized carbons (Fsp3) is 0.412. The molecule has 0 bridgehead atoms. The zero-order valence-electron chi connectivity index (χ0n) is 14.1. The molecule has 1 aromatic carbocycles. The van der Waals surface area contributed by atoms with Crippen molar-refractivity contribution >= 4 is 29.8 Å². The van der Waals surface area contributed by atoms with Crippen LogP contribution in [0.4, 0.5) is 5.69 Å². The zero-order valence-corrected chi connectivity index (χ0v) is 14.1. The molecule has 0 saturated carbocycles. The molecule has 1 saturated heterocycles. The van der Waals surface area contributed by atoms with Crippen molar-refractivity contribution in [2.75, 3.05) is 51.2 Å². The van der Waals surface area contributed by atoms with Gasteiger partial charge in [0.05, 0.1) is 17.8 Å². The second-order valence-corrected chi connectivity index (χ2v) is 6.22. The van der Waals surface area contributed by atoms with E-state index in [1.807, 2.05) is 4.90 Å². The Hall–Kier alpha value is -2.74. The molecule has 0 aliphatic carbocycles. The summed E-state index contributed by atoms with van der Waals surface area (Å²) in [6, 6.07) is 6.65. The van der Waals surface area contributed by atoms with Crippen LogP contribution in [0.15, 0.2) is 24.3 Å². The number of piperazine rings is 1. The van der Waals surface area contributed by atoms with Crippen molar-refractivity contribution in [3.05, 3.63) is 29.8 Å². The Morgan fingerprint density at radius 1 is 1.12 bits per heavy atom. The molecule has 2 aliphatic heterocycles. The van der Waals surface area contributed by atoms with Crippen LogP contribution in [0.2, 0.25) is 0 Å². The number of amides is 4. The van der Waals surface area contributed by atoms with Crippen molar-refractivity contribution in [3.8, 4) is 0 Å². The van der Waals surface area contributed by atoms with Gasteiger partial charge in [0.25, 0.3) is 11.8 Å². The number of carbonyl (C=O) groups is 4. The number of fused-ring (bicyclic) bond motifs is 1. The van der Waals surface area contributed by atoms with Crippen LogP contribution in [-0.4, -0.2) is 85.1 Å². The number of rotatable bonds is 3. The number of hydrogen-bond donors (Lipinski definition) is 0. The highest BCUT2D eigenvalue weighted by atomic mass is 16.2. The molecule has 0 atom stereocenters. The van der Waals surface area contributed by atoms with Crippen molar-refractivity contribution in [1.29, 1.82) is 0 Å². The number of hydrogen-bond acceptors (Lipinski definition) is 5. The van der Waals surface area contributed by atoms with E-state index in [2.05, 4.69) is 0 Å². The maximum atomic E-state index is 12.8. The summed E-state index contributed by atoms with van der Waals surface area (Å²) < 4.78 is 0. The minimum Gasteiger partial charge on any atom is -0.343 e. The van der Waals surface area contributed by atoms with Crippen LogP contribution >= 0.6 is 0 Å². The summed E-state index contributed by atoms with van der Waals surface area (Å²) in [5, 5.41) is 0. The maximum Gasteiger partial charge on any atom is 0.256 e. The van der Waals surface area contributed by atoms with Crippen LogP contribution in [0.3, 0.4) is 0 Å². The summed E-state index contributed by atoms with van der Waals surface area (Å²) in [5.41, 5.74) is 0.674. The normalized spacial score (nSPS) is 18.8. The first kappa shape index (κ1) is 17.1. The lowest BCUT2D eigenvalue weighted by Crippen LogP contribution is -2.51. The molecule has 1 fully saturated rings. The van der Waals surface area contributed by atoms with Crippen molar-refractivity contribution < 1.29 is 19.2 Å². The van der Waals surface area contributed by atoms with Crippen LogP contribution < -0.4 is 4.90 Å². The van der Waals surface area contributed by atoms with Crippen LogP contribution in [0.5, 0.6) is 0 Å². The van der Waals surface area contributed by atoms with Gasteiger partial charge in [-0.1, -0.05) is 12.1 Å². The molecular weight excluding hydrogens is 324 g/mol. The highest BCUT2D eigenvalue weighted by Gasteiger charge is 2.34. The molecule has 8 heteroatoms. The van der Waals surface area contributed by atoms with E-state index < -0.39 is 5.91 Å². The van der Waals surface area contributed by atoms with Gasteiger partial charge in [0.15, 0.2) is 0 Å². The molecule has 0 unspecified atom stereocenters. The lowest BCUT2D eigenvalue weighted by Gasteiger charge is -2.33. The molecule has 132 valence electrons. The third-order valence-electron chi connectivity index (χ3n) is 4.51. The highest BCUT2D eigenvalue weighted by Crippen LogP contribution is 2.25. The fourth-order valence-corrected chi connectivity index (χ4v) is 3.10. The van der Waals surface area contributed by atoms with E-state index in [9.17, 15) is 19.2 Å². The van der Waals surface area contributed by atoms with Gasteiger partial charge in [-0.25, -0.2) is 4.90 Å². The minimum atomic E-state index is -0.419. The quantitative estimate of drug-likeness (QED) is 0.685. The van der Waals surface area contributed by atoms with Crippen LogP contribution in [0, 0.1) is 0 Å². The van der Waals surface area contributed by atoms with Crippen molar-refractivity contribution in [2.45, 2.75) is 0 Å². The molecule has 0 aromatic heterocycles. The first-order chi connectivity index (χ1) is 12.0. The van der Waals surface area contributed by atoms with Gasteiger partial charge in [-0.2, -0.15) is 0 Å². The van der Waals surface area contributed by atoms with Crippen molar-refractivity contribution in [1.82, 2.24) is 14.7 Å². The molecule has 2 heterocycles. The van der Waals surface area contributed by atoms with E-state index in [-0.39, 0.29) is 24.9 Å². The minimum absolute atomic E-state index is 0.0741. The summed E-state index contributed by atoms with van der Waals surface area (Å²) in [6.45, 7) is 2.20. The van der Waals surface area contributed by atoms with E-state index in [0.29, 0.717) is 37.4 Å². The summed E-state index contributed by atoms with van der Waals surface area (Å²) in [4.78, 5) is 54.5. The van der Waals surface area contributed by atoms with Crippen molar-refractivity contribution in [3.63, 3.8) is 0 Å². The number of para-hydroxylation sites is 1. The van der Waals surface area contributed by atoms with Crippen LogP contribution in [0.1, 0.15) is 10.4 Å². The summed E-state index contributed by atoms with van der Waals surface area (Å²) in [6.07, 6.45) is 0.801. The van der Waals surface area contributed by atoms with Gasteiger partial charge in [0.2, 0.25) is 12.3 Å². The smallest absolute Gasteiger partial charge is 0.256 e. The average molecular weight is 344 g/mol. The first-order valence-electron chi connectivity index (χ1n) is 8.13. The second kappa shape index (κ2) is 7.02. The Morgan fingerprint density at radius 3 is 2.48 bits per heavy atom. The van der Waals surface area contributed by atoms with Crippen LogP contribution in [-0.2, 0) is 14.4 Å². The summed E-state index contributed by atoms with van der Waals surface area (Å²) in [7, 11) is 1.55. The first-order valence-corrected chi connectivity index (χ1v) is 8.13. The number of nitrogens with zero attached hydrogens (tertiary/aromatic N) is 4. The molecular formula is C17H20N4O4. The molecule has 4 amide bonds. The summed E-state index contributed by atoms with van der Waals surface area (Å²) >= 11 is 0. The number of benzene rings is 1. The number of carbonyl (C=O) groups excluding carboxylic acids is 4. The molecule has 0 radical (unpaired) electrons.